The zero-order valence-corrected chi connectivity index (χ0v) is 18.6. The van der Waals surface area contributed by atoms with Crippen molar-refractivity contribution in [1.29, 1.82) is 0 Å². The Morgan fingerprint density at radius 3 is 2.41 bits per heavy atom. The van der Waals surface area contributed by atoms with Gasteiger partial charge in [0.25, 0.3) is 0 Å². The molecule has 0 aromatic heterocycles. The first-order valence-corrected chi connectivity index (χ1v) is 11.2. The van der Waals surface area contributed by atoms with Gasteiger partial charge in [0.05, 0.1) is 13.5 Å². The number of fused-ring (bicyclic) bond motifs is 1. The molecule has 1 saturated heterocycles. The van der Waals surface area contributed by atoms with Crippen molar-refractivity contribution in [3.63, 3.8) is 0 Å². The Morgan fingerprint density at radius 1 is 1.06 bits per heavy atom. The van der Waals surface area contributed by atoms with Gasteiger partial charge >= 0.3 is 6.18 Å². The Bertz CT molecular complexity index is 895. The van der Waals surface area contributed by atoms with E-state index in [-0.39, 0.29) is 11.8 Å². The second-order valence-electron chi connectivity index (χ2n) is 8.95. The van der Waals surface area contributed by atoms with E-state index in [4.69, 9.17) is 9.47 Å². The molecule has 2 aliphatic heterocycles. The third-order valence-electron chi connectivity index (χ3n) is 6.57. The second-order valence-corrected chi connectivity index (χ2v) is 8.95. The fraction of sp³-hybridized carbons (Fsp3) is 0.520. The SMILES string of the molecule is COc1ccc(C2CN(C)Cc3cc(OC(CC(F)(F)F)C4CCNCC4)ccc32)cc1. The van der Waals surface area contributed by atoms with Crippen LogP contribution in [0.15, 0.2) is 42.5 Å². The molecule has 2 aromatic carbocycles. The van der Waals surface area contributed by atoms with Gasteiger partial charge < -0.3 is 19.7 Å². The van der Waals surface area contributed by atoms with Gasteiger partial charge in [0.1, 0.15) is 17.6 Å². The van der Waals surface area contributed by atoms with Crippen LogP contribution in [0.3, 0.4) is 0 Å². The Morgan fingerprint density at radius 2 is 1.75 bits per heavy atom. The second kappa shape index (κ2) is 9.71. The zero-order valence-electron chi connectivity index (χ0n) is 18.6. The van der Waals surface area contributed by atoms with E-state index >= 15 is 0 Å². The standard InChI is InChI=1S/C25H31F3N2O2/c1-30-15-19-13-21(32-24(14-25(26,27)28)18-9-11-29-12-10-18)7-8-22(19)23(16-30)17-3-5-20(31-2)6-4-17/h3-8,13,18,23-24,29H,9-12,14-16H2,1-2H3. The van der Waals surface area contributed by atoms with Crippen LogP contribution in [0.5, 0.6) is 11.5 Å². The molecule has 2 aliphatic rings. The minimum atomic E-state index is -4.25. The van der Waals surface area contributed by atoms with E-state index in [1.54, 1.807) is 7.11 Å². The molecule has 1 fully saturated rings. The van der Waals surface area contributed by atoms with E-state index in [9.17, 15) is 13.2 Å². The molecule has 4 nitrogen and oxygen atoms in total. The molecule has 4 rings (SSSR count). The number of hydrogen-bond donors (Lipinski definition) is 1. The Balaban J connectivity index is 1.57. The molecule has 2 aromatic rings. The average Bonchev–Trinajstić information content (AvgIpc) is 2.77. The van der Waals surface area contributed by atoms with Crippen LogP contribution in [0.25, 0.3) is 0 Å². The Labute approximate surface area is 187 Å². The van der Waals surface area contributed by atoms with E-state index < -0.39 is 18.7 Å². The maximum Gasteiger partial charge on any atom is 0.392 e. The Hall–Kier alpha value is -2.25. The van der Waals surface area contributed by atoms with Gasteiger partial charge in [-0.3, -0.25) is 0 Å². The largest absolute Gasteiger partial charge is 0.497 e. The van der Waals surface area contributed by atoms with Crippen LogP contribution in [-0.4, -0.2) is 51.0 Å². The van der Waals surface area contributed by atoms with Crippen molar-refractivity contribution in [2.45, 2.75) is 44.0 Å². The number of ether oxygens (including phenoxy) is 2. The Kier molecular flexibility index (Phi) is 6.96. The lowest BCUT2D eigenvalue weighted by atomic mass is 9.84. The van der Waals surface area contributed by atoms with Crippen molar-refractivity contribution in [2.24, 2.45) is 5.92 Å². The molecule has 174 valence electrons. The third-order valence-corrected chi connectivity index (χ3v) is 6.57. The van der Waals surface area contributed by atoms with Crippen LogP contribution < -0.4 is 14.8 Å². The van der Waals surface area contributed by atoms with E-state index in [1.165, 1.54) is 11.1 Å². The molecule has 2 heterocycles. The average molecular weight is 449 g/mol. The molecule has 0 aliphatic carbocycles. The fourth-order valence-corrected chi connectivity index (χ4v) is 4.94. The molecule has 2 atom stereocenters. The topological polar surface area (TPSA) is 33.7 Å². The summed E-state index contributed by atoms with van der Waals surface area (Å²) in [6.45, 7) is 3.10. The summed E-state index contributed by atoms with van der Waals surface area (Å²) in [5.41, 5.74) is 3.50. The number of nitrogens with zero attached hydrogens (tertiary/aromatic N) is 1. The number of piperidine rings is 1. The lowest BCUT2D eigenvalue weighted by Gasteiger charge is -2.34. The molecule has 0 bridgehead atoms. The molecule has 0 amide bonds. The van der Waals surface area contributed by atoms with E-state index in [0.717, 1.165) is 37.5 Å². The summed E-state index contributed by atoms with van der Waals surface area (Å²) >= 11 is 0. The van der Waals surface area contributed by atoms with Crippen LogP contribution in [0.2, 0.25) is 0 Å². The van der Waals surface area contributed by atoms with E-state index in [1.807, 2.05) is 30.3 Å². The van der Waals surface area contributed by atoms with Gasteiger partial charge in [0, 0.05) is 19.0 Å². The number of rotatable bonds is 6. The summed E-state index contributed by atoms with van der Waals surface area (Å²) in [6.07, 6.45) is -4.61. The number of benzene rings is 2. The van der Waals surface area contributed by atoms with Gasteiger partial charge in [-0.25, -0.2) is 0 Å². The van der Waals surface area contributed by atoms with E-state index in [0.29, 0.717) is 18.6 Å². The van der Waals surface area contributed by atoms with Crippen molar-refractivity contribution in [1.82, 2.24) is 10.2 Å². The zero-order chi connectivity index (χ0) is 22.7. The molecule has 32 heavy (non-hydrogen) atoms. The molecule has 0 saturated carbocycles. The van der Waals surface area contributed by atoms with Crippen molar-refractivity contribution in [2.75, 3.05) is 33.8 Å². The van der Waals surface area contributed by atoms with Crippen molar-refractivity contribution >= 4 is 0 Å². The first kappa shape index (κ1) is 22.9. The van der Waals surface area contributed by atoms with Crippen molar-refractivity contribution in [3.8, 4) is 11.5 Å². The number of hydrogen-bond acceptors (Lipinski definition) is 4. The molecule has 7 heteroatoms. The van der Waals surface area contributed by atoms with Crippen molar-refractivity contribution in [3.05, 3.63) is 59.2 Å². The molecule has 0 radical (unpaired) electrons. The summed E-state index contributed by atoms with van der Waals surface area (Å²) in [6, 6.07) is 13.9. The number of halogens is 3. The minimum Gasteiger partial charge on any atom is -0.497 e. The lowest BCUT2D eigenvalue weighted by Crippen LogP contribution is -2.39. The van der Waals surface area contributed by atoms with Gasteiger partial charge in [0.2, 0.25) is 0 Å². The number of alkyl halides is 3. The summed E-state index contributed by atoms with van der Waals surface area (Å²) in [7, 11) is 3.71. The number of methoxy groups -OCH3 is 1. The van der Waals surface area contributed by atoms with Crippen LogP contribution in [0.1, 0.15) is 41.9 Å². The molecule has 0 spiro atoms. The highest BCUT2D eigenvalue weighted by molar-refractivity contribution is 5.45. The third kappa shape index (κ3) is 5.56. The van der Waals surface area contributed by atoms with Gasteiger partial charge in [-0.15, -0.1) is 0 Å². The van der Waals surface area contributed by atoms with Gasteiger partial charge in [-0.2, -0.15) is 13.2 Å². The van der Waals surface area contributed by atoms with Crippen LogP contribution in [0.4, 0.5) is 13.2 Å². The minimum absolute atomic E-state index is 0.0939. The highest BCUT2D eigenvalue weighted by Crippen LogP contribution is 2.37. The smallest absolute Gasteiger partial charge is 0.392 e. The predicted molar refractivity (Wildman–Crippen MR) is 118 cm³/mol. The predicted octanol–water partition coefficient (Wildman–Crippen LogP) is 4.97. The van der Waals surface area contributed by atoms with Gasteiger partial charge in [0.15, 0.2) is 0 Å². The van der Waals surface area contributed by atoms with Crippen LogP contribution in [-0.2, 0) is 6.54 Å². The molecule has 1 N–H and O–H groups in total. The summed E-state index contributed by atoms with van der Waals surface area (Å²) < 4.78 is 51.1. The van der Waals surface area contributed by atoms with E-state index in [2.05, 4.69) is 29.4 Å². The lowest BCUT2D eigenvalue weighted by molar-refractivity contribution is -0.156. The monoisotopic (exact) mass is 448 g/mol. The number of likely N-dealkylation sites (N-methyl/N-ethyl adjacent to an activating group) is 1. The van der Waals surface area contributed by atoms with Crippen LogP contribution in [0, 0.1) is 5.92 Å². The summed E-state index contributed by atoms with van der Waals surface area (Å²) in [5.74, 6) is 1.44. The maximum absolute atomic E-state index is 13.3. The molecule has 2 unspecified atom stereocenters. The number of nitrogens with one attached hydrogen (secondary N) is 1. The van der Waals surface area contributed by atoms with Crippen LogP contribution >= 0.6 is 0 Å². The molecular formula is C25H31F3N2O2. The summed E-state index contributed by atoms with van der Waals surface area (Å²) in [5, 5.41) is 3.22. The maximum atomic E-state index is 13.3. The van der Waals surface area contributed by atoms with Gasteiger partial charge in [-0.1, -0.05) is 18.2 Å². The molecular weight excluding hydrogens is 417 g/mol. The normalized spacial score (nSPS) is 21.1. The summed E-state index contributed by atoms with van der Waals surface area (Å²) in [4.78, 5) is 2.24. The fourth-order valence-electron chi connectivity index (χ4n) is 4.94. The first-order chi connectivity index (χ1) is 15.3. The van der Waals surface area contributed by atoms with Crippen molar-refractivity contribution < 1.29 is 22.6 Å². The quantitative estimate of drug-likeness (QED) is 0.677. The highest BCUT2D eigenvalue weighted by atomic mass is 19.4. The van der Waals surface area contributed by atoms with Gasteiger partial charge in [-0.05, 0) is 79.9 Å². The highest BCUT2D eigenvalue weighted by Gasteiger charge is 2.37. The first-order valence-electron chi connectivity index (χ1n) is 11.2.